The SMILES string of the molecule is Cc1oc(=O)nc2cccc(C3CCN(C(=O)OC(C)(C)C)CC3)c12. The monoisotopic (exact) mass is 344 g/mol. The molecule has 1 saturated heterocycles. The number of aromatic nitrogens is 1. The number of benzene rings is 1. The number of nitrogens with zero attached hydrogens (tertiary/aromatic N) is 2. The molecule has 1 amide bonds. The predicted molar refractivity (Wildman–Crippen MR) is 94.8 cm³/mol. The summed E-state index contributed by atoms with van der Waals surface area (Å²) >= 11 is 0. The zero-order valence-electron chi connectivity index (χ0n) is 15.2. The van der Waals surface area contributed by atoms with E-state index in [1.165, 1.54) is 0 Å². The van der Waals surface area contributed by atoms with E-state index < -0.39 is 11.4 Å². The maximum atomic E-state index is 12.2. The highest BCUT2D eigenvalue weighted by Gasteiger charge is 2.28. The molecule has 1 aliphatic rings. The average Bonchev–Trinajstić information content (AvgIpc) is 2.52. The van der Waals surface area contributed by atoms with Gasteiger partial charge in [0.15, 0.2) is 0 Å². The first-order valence-electron chi connectivity index (χ1n) is 8.63. The van der Waals surface area contributed by atoms with E-state index in [1.807, 2.05) is 32.9 Å². The van der Waals surface area contributed by atoms with Crippen LogP contribution in [0.1, 0.15) is 50.9 Å². The summed E-state index contributed by atoms with van der Waals surface area (Å²) in [5, 5.41) is 0.915. The molecular formula is C19H24N2O4. The summed E-state index contributed by atoms with van der Waals surface area (Å²) in [4.78, 5) is 29.4. The van der Waals surface area contributed by atoms with Gasteiger partial charge in [0, 0.05) is 18.5 Å². The van der Waals surface area contributed by atoms with Crippen LogP contribution >= 0.6 is 0 Å². The van der Waals surface area contributed by atoms with Crippen molar-refractivity contribution in [2.75, 3.05) is 13.1 Å². The number of hydrogen-bond donors (Lipinski definition) is 0. The van der Waals surface area contributed by atoms with Crippen LogP contribution < -0.4 is 5.76 Å². The molecule has 1 aromatic heterocycles. The number of fused-ring (bicyclic) bond motifs is 1. The van der Waals surface area contributed by atoms with Crippen LogP contribution in [0.15, 0.2) is 27.4 Å². The average molecular weight is 344 g/mol. The fourth-order valence-corrected chi connectivity index (χ4v) is 3.38. The lowest BCUT2D eigenvalue weighted by molar-refractivity contribution is 0.0205. The van der Waals surface area contributed by atoms with Crippen LogP contribution in [0.3, 0.4) is 0 Å². The van der Waals surface area contributed by atoms with Crippen LogP contribution in [0.25, 0.3) is 10.9 Å². The highest BCUT2D eigenvalue weighted by Crippen LogP contribution is 2.34. The van der Waals surface area contributed by atoms with E-state index in [4.69, 9.17) is 9.15 Å². The number of aryl methyl sites for hydroxylation is 1. The number of likely N-dealkylation sites (tertiary alicyclic amines) is 1. The van der Waals surface area contributed by atoms with Gasteiger partial charge in [0.05, 0.1) is 5.52 Å². The Labute approximate surface area is 146 Å². The Bertz CT molecular complexity index is 843. The third kappa shape index (κ3) is 3.83. The van der Waals surface area contributed by atoms with Gasteiger partial charge >= 0.3 is 11.8 Å². The van der Waals surface area contributed by atoms with Gasteiger partial charge in [-0.1, -0.05) is 12.1 Å². The highest BCUT2D eigenvalue weighted by molar-refractivity contribution is 5.84. The molecule has 0 radical (unpaired) electrons. The van der Waals surface area contributed by atoms with Gasteiger partial charge < -0.3 is 14.1 Å². The summed E-state index contributed by atoms with van der Waals surface area (Å²) in [6.07, 6.45) is 1.43. The molecule has 2 heterocycles. The second-order valence-corrected chi connectivity index (χ2v) is 7.52. The molecule has 0 N–H and O–H groups in total. The lowest BCUT2D eigenvalue weighted by atomic mass is 9.87. The Kier molecular flexibility index (Phi) is 4.54. The van der Waals surface area contributed by atoms with E-state index in [0.717, 1.165) is 23.8 Å². The smallest absolute Gasteiger partial charge is 0.439 e. The molecule has 6 nitrogen and oxygen atoms in total. The third-order valence-corrected chi connectivity index (χ3v) is 4.47. The van der Waals surface area contributed by atoms with Gasteiger partial charge in [0.2, 0.25) is 0 Å². The van der Waals surface area contributed by atoms with E-state index in [2.05, 4.69) is 11.1 Å². The van der Waals surface area contributed by atoms with Crippen molar-refractivity contribution in [1.82, 2.24) is 9.88 Å². The van der Waals surface area contributed by atoms with E-state index in [0.29, 0.717) is 30.3 Å². The van der Waals surface area contributed by atoms with Crippen molar-refractivity contribution in [2.45, 2.75) is 52.1 Å². The van der Waals surface area contributed by atoms with Crippen LogP contribution in [0.4, 0.5) is 4.79 Å². The Hall–Kier alpha value is -2.37. The molecule has 0 bridgehead atoms. The number of piperidine rings is 1. The second-order valence-electron chi connectivity index (χ2n) is 7.52. The molecule has 0 atom stereocenters. The molecule has 2 aromatic rings. The van der Waals surface area contributed by atoms with E-state index in [1.54, 1.807) is 11.8 Å². The first-order valence-corrected chi connectivity index (χ1v) is 8.63. The van der Waals surface area contributed by atoms with Gasteiger partial charge in [0.25, 0.3) is 0 Å². The van der Waals surface area contributed by atoms with Crippen molar-refractivity contribution in [3.8, 4) is 0 Å². The largest absolute Gasteiger partial charge is 0.444 e. The zero-order chi connectivity index (χ0) is 18.2. The third-order valence-electron chi connectivity index (χ3n) is 4.47. The quantitative estimate of drug-likeness (QED) is 0.790. The van der Waals surface area contributed by atoms with Gasteiger partial charge in [-0.2, -0.15) is 4.98 Å². The minimum atomic E-state index is -0.568. The summed E-state index contributed by atoms with van der Waals surface area (Å²) < 4.78 is 10.6. The van der Waals surface area contributed by atoms with Crippen LogP contribution in [0.5, 0.6) is 0 Å². The van der Waals surface area contributed by atoms with Gasteiger partial charge in [0.1, 0.15) is 11.4 Å². The minimum Gasteiger partial charge on any atom is -0.444 e. The lowest BCUT2D eigenvalue weighted by Crippen LogP contribution is -2.41. The maximum absolute atomic E-state index is 12.2. The van der Waals surface area contributed by atoms with Crippen molar-refractivity contribution in [2.24, 2.45) is 0 Å². The molecule has 0 unspecified atom stereocenters. The Balaban J connectivity index is 1.79. The molecule has 6 heteroatoms. The van der Waals surface area contributed by atoms with Gasteiger partial charge in [-0.3, -0.25) is 0 Å². The number of amides is 1. The molecule has 1 aliphatic heterocycles. The molecule has 0 saturated carbocycles. The molecule has 0 aliphatic carbocycles. The first kappa shape index (κ1) is 17.5. The van der Waals surface area contributed by atoms with Crippen molar-refractivity contribution in [3.05, 3.63) is 40.1 Å². The van der Waals surface area contributed by atoms with Crippen molar-refractivity contribution >= 4 is 17.0 Å². The summed E-state index contributed by atoms with van der Waals surface area (Å²) in [7, 11) is 0. The van der Waals surface area contributed by atoms with Crippen molar-refractivity contribution in [3.63, 3.8) is 0 Å². The van der Waals surface area contributed by atoms with Gasteiger partial charge in [-0.15, -0.1) is 0 Å². The first-order chi connectivity index (χ1) is 11.7. The Morgan fingerprint density at radius 1 is 1.28 bits per heavy atom. The van der Waals surface area contributed by atoms with E-state index in [-0.39, 0.29) is 6.09 Å². The fraction of sp³-hybridized carbons (Fsp3) is 0.526. The van der Waals surface area contributed by atoms with Gasteiger partial charge in [-0.25, -0.2) is 9.59 Å². The van der Waals surface area contributed by atoms with Crippen LogP contribution in [0.2, 0.25) is 0 Å². The Morgan fingerprint density at radius 3 is 2.60 bits per heavy atom. The molecule has 3 rings (SSSR count). The normalized spacial score (nSPS) is 16.2. The fourth-order valence-electron chi connectivity index (χ4n) is 3.38. The number of ether oxygens (including phenoxy) is 1. The summed E-state index contributed by atoms with van der Waals surface area (Å²) in [5.74, 6) is 0.331. The summed E-state index contributed by atoms with van der Waals surface area (Å²) in [6.45, 7) is 8.72. The zero-order valence-corrected chi connectivity index (χ0v) is 15.2. The standard InChI is InChI=1S/C19H24N2O4/c1-12-16-14(6-5-7-15(16)20-17(22)24-12)13-8-10-21(11-9-13)18(23)25-19(2,3)4/h5-7,13H,8-11H2,1-4H3. The van der Waals surface area contributed by atoms with Crippen LogP contribution in [0, 0.1) is 6.92 Å². The van der Waals surface area contributed by atoms with Gasteiger partial charge in [-0.05, 0) is 58.1 Å². The topological polar surface area (TPSA) is 72.6 Å². The summed E-state index contributed by atoms with van der Waals surface area (Å²) in [6, 6.07) is 5.81. The van der Waals surface area contributed by atoms with E-state index >= 15 is 0 Å². The molecular weight excluding hydrogens is 320 g/mol. The molecule has 25 heavy (non-hydrogen) atoms. The Morgan fingerprint density at radius 2 is 1.96 bits per heavy atom. The number of carbonyl (C=O) groups is 1. The van der Waals surface area contributed by atoms with Crippen molar-refractivity contribution in [1.29, 1.82) is 0 Å². The number of rotatable bonds is 1. The van der Waals surface area contributed by atoms with Crippen LogP contribution in [-0.4, -0.2) is 34.7 Å². The highest BCUT2D eigenvalue weighted by atomic mass is 16.6. The van der Waals surface area contributed by atoms with E-state index in [9.17, 15) is 9.59 Å². The predicted octanol–water partition coefficient (Wildman–Crippen LogP) is 3.61. The maximum Gasteiger partial charge on any atom is 0.439 e. The number of carbonyl (C=O) groups excluding carboxylic acids is 1. The van der Waals surface area contributed by atoms with Crippen molar-refractivity contribution < 1.29 is 13.9 Å². The number of hydrogen-bond acceptors (Lipinski definition) is 5. The molecule has 1 aromatic carbocycles. The summed E-state index contributed by atoms with van der Waals surface area (Å²) in [5.41, 5.74) is 1.32. The molecule has 134 valence electrons. The molecule has 0 spiro atoms. The van der Waals surface area contributed by atoms with Crippen LogP contribution in [-0.2, 0) is 4.74 Å². The minimum absolute atomic E-state index is 0.257. The lowest BCUT2D eigenvalue weighted by Gasteiger charge is -2.34. The molecule has 1 fully saturated rings. The second kappa shape index (κ2) is 6.50.